The number of fused-ring (bicyclic) bond motifs is 2. The summed E-state index contributed by atoms with van der Waals surface area (Å²) in [7, 11) is 0. The molecule has 0 aliphatic heterocycles. The molecule has 3 N–H and O–H groups in total. The Hall–Kier alpha value is -3.30. The van der Waals surface area contributed by atoms with Gasteiger partial charge in [0.15, 0.2) is 11.1 Å². The monoisotopic (exact) mass is 428 g/mol. The first-order chi connectivity index (χ1) is 14.0. The highest BCUT2D eigenvalue weighted by atomic mass is 35.5. The van der Waals surface area contributed by atoms with Crippen LogP contribution in [0.25, 0.3) is 16.4 Å². The third-order valence-electron chi connectivity index (χ3n) is 4.20. The van der Waals surface area contributed by atoms with Crippen molar-refractivity contribution >= 4 is 51.7 Å². The van der Waals surface area contributed by atoms with E-state index in [4.69, 9.17) is 16.7 Å². The Kier molecular flexibility index (Phi) is 4.99. The summed E-state index contributed by atoms with van der Waals surface area (Å²) in [4.78, 5) is 40.6. The van der Waals surface area contributed by atoms with E-state index >= 15 is 0 Å². The van der Waals surface area contributed by atoms with Crippen LogP contribution in [0.15, 0.2) is 63.5 Å². The number of carbonyl (C=O) groups is 2. The molecule has 10 heteroatoms. The molecular formula is C19H13ClN4O4S. The van der Waals surface area contributed by atoms with Gasteiger partial charge >= 0.3 is 5.97 Å². The van der Waals surface area contributed by atoms with Gasteiger partial charge in [0.2, 0.25) is 0 Å². The maximum absolute atomic E-state index is 12.6. The van der Waals surface area contributed by atoms with Crippen molar-refractivity contribution in [2.45, 2.75) is 9.92 Å². The van der Waals surface area contributed by atoms with Crippen molar-refractivity contribution < 1.29 is 14.7 Å². The van der Waals surface area contributed by atoms with Gasteiger partial charge in [0.1, 0.15) is 23.5 Å². The second-order valence-corrected chi connectivity index (χ2v) is 7.51. The van der Waals surface area contributed by atoms with Crippen LogP contribution in [0.5, 0.6) is 0 Å². The summed E-state index contributed by atoms with van der Waals surface area (Å²) in [5.41, 5.74) is -0.667. The maximum Gasteiger partial charge on any atom is 0.322 e. The van der Waals surface area contributed by atoms with Crippen molar-refractivity contribution in [1.29, 1.82) is 0 Å². The molecule has 1 amide bonds. The highest BCUT2D eigenvalue weighted by Gasteiger charge is 2.20. The van der Waals surface area contributed by atoms with Crippen LogP contribution < -0.4 is 10.7 Å². The molecule has 0 saturated heterocycles. The molecule has 0 spiro atoms. The van der Waals surface area contributed by atoms with Crippen LogP contribution in [0.3, 0.4) is 0 Å². The Labute approximate surface area is 172 Å². The van der Waals surface area contributed by atoms with Crippen molar-refractivity contribution in [2.75, 3.05) is 6.54 Å². The number of aromatic amines is 1. The lowest BCUT2D eigenvalue weighted by atomic mass is 10.1. The number of carboxylic acids is 1. The fraction of sp³-hybridized carbons (Fsp3) is 0.0526. The first-order valence-corrected chi connectivity index (χ1v) is 9.59. The van der Waals surface area contributed by atoms with E-state index in [1.807, 2.05) is 30.3 Å². The molecule has 2 heterocycles. The Balaban J connectivity index is 1.79. The molecule has 146 valence electrons. The van der Waals surface area contributed by atoms with Crippen LogP contribution in [0.2, 0.25) is 5.02 Å². The molecule has 0 unspecified atom stereocenters. The van der Waals surface area contributed by atoms with Gasteiger partial charge in [-0.25, -0.2) is 9.50 Å². The van der Waals surface area contributed by atoms with E-state index in [1.54, 1.807) is 6.07 Å². The van der Waals surface area contributed by atoms with Crippen molar-refractivity contribution in [3.8, 4) is 0 Å². The van der Waals surface area contributed by atoms with E-state index in [0.717, 1.165) is 15.7 Å². The third kappa shape index (κ3) is 3.57. The molecule has 4 aromatic rings. The van der Waals surface area contributed by atoms with Crippen molar-refractivity contribution in [2.24, 2.45) is 0 Å². The van der Waals surface area contributed by atoms with Gasteiger partial charge in [-0.05, 0) is 17.5 Å². The zero-order chi connectivity index (χ0) is 20.5. The van der Waals surface area contributed by atoms with Gasteiger partial charge in [0.05, 0.1) is 0 Å². The average molecular weight is 429 g/mol. The smallest absolute Gasteiger partial charge is 0.322 e. The number of carbonyl (C=O) groups excluding carboxylic acids is 1. The van der Waals surface area contributed by atoms with E-state index in [9.17, 15) is 14.4 Å². The first-order valence-electron chi connectivity index (χ1n) is 8.40. The van der Waals surface area contributed by atoms with Crippen molar-refractivity contribution in [3.05, 3.63) is 69.6 Å². The number of pyridine rings is 1. The Morgan fingerprint density at radius 2 is 1.97 bits per heavy atom. The number of carboxylic acid groups (broad SMARTS) is 1. The Bertz CT molecular complexity index is 1330. The van der Waals surface area contributed by atoms with Gasteiger partial charge in [0, 0.05) is 21.4 Å². The number of hydrogen-bond donors (Lipinski definition) is 3. The molecule has 2 aromatic heterocycles. The highest BCUT2D eigenvalue weighted by molar-refractivity contribution is 7.99. The SMILES string of the molecule is O=C(O)CNC(=O)c1c(=O)cc(Sc2cccc3c(Cl)cccc23)n2[nH]cnc12. The highest BCUT2D eigenvalue weighted by Crippen LogP contribution is 2.35. The van der Waals surface area contributed by atoms with Crippen molar-refractivity contribution in [3.63, 3.8) is 0 Å². The van der Waals surface area contributed by atoms with Gasteiger partial charge in [0.25, 0.3) is 5.91 Å². The lowest BCUT2D eigenvalue weighted by Gasteiger charge is -2.10. The summed E-state index contributed by atoms with van der Waals surface area (Å²) in [5, 5.41) is 16.8. The van der Waals surface area contributed by atoms with Gasteiger partial charge < -0.3 is 10.4 Å². The minimum Gasteiger partial charge on any atom is -0.480 e. The molecule has 0 fully saturated rings. The van der Waals surface area contributed by atoms with Crippen LogP contribution >= 0.6 is 23.4 Å². The number of benzene rings is 2. The minimum absolute atomic E-state index is 0.112. The minimum atomic E-state index is -1.21. The number of aromatic nitrogens is 3. The van der Waals surface area contributed by atoms with Crippen LogP contribution in [-0.2, 0) is 4.79 Å². The second kappa shape index (κ2) is 7.61. The number of halogens is 1. The molecule has 2 aromatic carbocycles. The molecule has 0 bridgehead atoms. The number of amides is 1. The van der Waals surface area contributed by atoms with Gasteiger partial charge in [-0.1, -0.05) is 47.6 Å². The van der Waals surface area contributed by atoms with Crippen LogP contribution in [0.4, 0.5) is 0 Å². The molecule has 0 aliphatic carbocycles. The molecule has 0 saturated carbocycles. The van der Waals surface area contributed by atoms with Gasteiger partial charge in [-0.15, -0.1) is 0 Å². The zero-order valence-corrected chi connectivity index (χ0v) is 16.3. The number of nitrogens with zero attached hydrogens (tertiary/aromatic N) is 2. The van der Waals surface area contributed by atoms with Gasteiger partial charge in [-0.2, -0.15) is 0 Å². The van der Waals surface area contributed by atoms with E-state index in [2.05, 4.69) is 15.4 Å². The largest absolute Gasteiger partial charge is 0.480 e. The van der Waals surface area contributed by atoms with E-state index in [0.29, 0.717) is 10.0 Å². The maximum atomic E-state index is 12.6. The molecule has 0 radical (unpaired) electrons. The lowest BCUT2D eigenvalue weighted by Crippen LogP contribution is -2.33. The summed E-state index contributed by atoms with van der Waals surface area (Å²) in [5.74, 6) is -2.01. The summed E-state index contributed by atoms with van der Waals surface area (Å²) in [6.07, 6.45) is 1.35. The summed E-state index contributed by atoms with van der Waals surface area (Å²) in [6, 6.07) is 12.6. The van der Waals surface area contributed by atoms with Crippen molar-refractivity contribution in [1.82, 2.24) is 19.9 Å². The number of aliphatic carboxylic acids is 1. The molecular weight excluding hydrogens is 416 g/mol. The van der Waals surface area contributed by atoms with E-state index in [-0.39, 0.29) is 11.2 Å². The zero-order valence-electron chi connectivity index (χ0n) is 14.7. The van der Waals surface area contributed by atoms with Crippen LogP contribution in [0.1, 0.15) is 10.4 Å². The van der Waals surface area contributed by atoms with E-state index < -0.39 is 23.9 Å². The fourth-order valence-electron chi connectivity index (χ4n) is 2.95. The third-order valence-corrected chi connectivity index (χ3v) is 5.62. The Morgan fingerprint density at radius 3 is 2.76 bits per heavy atom. The first kappa shape index (κ1) is 19.0. The average Bonchev–Trinajstić information content (AvgIpc) is 3.17. The number of rotatable bonds is 5. The standard InChI is InChI=1S/C19H13ClN4O4S/c20-12-5-1-4-11-10(12)3-2-6-14(11)29-15-7-13(25)17(18-22-9-23-24(15)18)19(28)21-8-16(26)27/h1-7,9H,8H2,(H,21,28)(H,22,23)(H,26,27). The fourth-order valence-corrected chi connectivity index (χ4v) is 4.24. The Morgan fingerprint density at radius 1 is 1.21 bits per heavy atom. The summed E-state index contributed by atoms with van der Waals surface area (Å²) >= 11 is 7.60. The molecule has 8 nitrogen and oxygen atoms in total. The quantitative estimate of drug-likeness (QED) is 0.450. The molecule has 29 heavy (non-hydrogen) atoms. The molecule has 4 rings (SSSR count). The lowest BCUT2D eigenvalue weighted by molar-refractivity contribution is -0.135. The second-order valence-electron chi connectivity index (χ2n) is 6.04. The molecule has 0 atom stereocenters. The summed E-state index contributed by atoms with van der Waals surface area (Å²) < 4.78 is 1.51. The number of H-pyrrole nitrogens is 1. The predicted octanol–water partition coefficient (Wildman–Crippen LogP) is 2.79. The van der Waals surface area contributed by atoms with Gasteiger partial charge in [-0.3, -0.25) is 19.5 Å². The number of nitrogens with one attached hydrogen (secondary N) is 2. The van der Waals surface area contributed by atoms with Crippen LogP contribution in [0, 0.1) is 0 Å². The summed E-state index contributed by atoms with van der Waals surface area (Å²) in [6.45, 7) is -0.595. The van der Waals surface area contributed by atoms with Crippen LogP contribution in [-0.4, -0.2) is 38.1 Å². The molecule has 0 aliphatic rings. The topological polar surface area (TPSA) is 117 Å². The normalized spacial score (nSPS) is 11.1. The number of hydrogen-bond acceptors (Lipinski definition) is 5. The van der Waals surface area contributed by atoms with E-state index in [1.165, 1.54) is 28.7 Å². The predicted molar refractivity (Wildman–Crippen MR) is 109 cm³/mol.